The van der Waals surface area contributed by atoms with E-state index >= 15 is 0 Å². The Labute approximate surface area is 160 Å². The van der Waals surface area contributed by atoms with Crippen LogP contribution >= 0.6 is 0 Å². The number of anilines is 2. The van der Waals surface area contributed by atoms with Crippen LogP contribution in [0.25, 0.3) is 5.52 Å². The fraction of sp³-hybridized carbons (Fsp3) is 0.211. The first-order chi connectivity index (χ1) is 13.6. The molecule has 0 amide bonds. The molecule has 0 aliphatic rings. The molecule has 28 heavy (non-hydrogen) atoms. The summed E-state index contributed by atoms with van der Waals surface area (Å²) in [5, 5.41) is 24.0. The van der Waals surface area contributed by atoms with Crippen molar-refractivity contribution in [3.63, 3.8) is 0 Å². The molecule has 0 saturated heterocycles. The van der Waals surface area contributed by atoms with Crippen LogP contribution in [-0.2, 0) is 4.74 Å². The second-order valence-electron chi connectivity index (χ2n) is 6.24. The zero-order chi connectivity index (χ0) is 19.5. The third kappa shape index (κ3) is 3.71. The summed E-state index contributed by atoms with van der Waals surface area (Å²) in [5.41, 5.74) is 2.37. The molecule has 4 rings (SSSR count). The number of ether oxygens (including phenoxy) is 1. The number of halogens is 1. The SMILES string of the molecule is Cc1cc(Nc2nc(C(OCCO)c3ccc(F)cc3)nn3cccc23)n[nH]1. The van der Waals surface area contributed by atoms with Crippen LogP contribution in [0.3, 0.4) is 0 Å². The van der Waals surface area contributed by atoms with E-state index in [1.807, 2.05) is 25.1 Å². The van der Waals surface area contributed by atoms with Crippen molar-refractivity contribution in [1.29, 1.82) is 0 Å². The fourth-order valence-electron chi connectivity index (χ4n) is 2.89. The molecule has 0 aliphatic heterocycles. The molecule has 9 heteroatoms. The van der Waals surface area contributed by atoms with Gasteiger partial charge in [-0.1, -0.05) is 12.1 Å². The van der Waals surface area contributed by atoms with Gasteiger partial charge in [-0.2, -0.15) is 5.10 Å². The van der Waals surface area contributed by atoms with Crippen molar-refractivity contribution in [1.82, 2.24) is 24.8 Å². The number of aliphatic hydroxyl groups is 1. The summed E-state index contributed by atoms with van der Waals surface area (Å²) in [7, 11) is 0. The summed E-state index contributed by atoms with van der Waals surface area (Å²) >= 11 is 0. The lowest BCUT2D eigenvalue weighted by Crippen LogP contribution is -2.16. The van der Waals surface area contributed by atoms with Gasteiger partial charge < -0.3 is 15.2 Å². The van der Waals surface area contributed by atoms with Crippen LogP contribution in [-0.4, -0.2) is 43.1 Å². The van der Waals surface area contributed by atoms with Crippen LogP contribution in [0.15, 0.2) is 48.7 Å². The lowest BCUT2D eigenvalue weighted by molar-refractivity contribution is 0.0450. The molecule has 1 aromatic carbocycles. The summed E-state index contributed by atoms with van der Waals surface area (Å²) in [4.78, 5) is 4.63. The molecule has 1 atom stereocenters. The minimum atomic E-state index is -0.666. The van der Waals surface area contributed by atoms with E-state index in [1.54, 1.807) is 22.8 Å². The monoisotopic (exact) mass is 382 g/mol. The largest absolute Gasteiger partial charge is 0.394 e. The number of aliphatic hydroxyl groups excluding tert-OH is 1. The van der Waals surface area contributed by atoms with Crippen LogP contribution in [0, 0.1) is 12.7 Å². The van der Waals surface area contributed by atoms with Crippen LogP contribution in [0.2, 0.25) is 0 Å². The van der Waals surface area contributed by atoms with Crippen molar-refractivity contribution in [2.75, 3.05) is 18.5 Å². The highest BCUT2D eigenvalue weighted by atomic mass is 19.1. The molecule has 3 N–H and O–H groups in total. The summed E-state index contributed by atoms with van der Waals surface area (Å²) < 4.78 is 20.8. The van der Waals surface area contributed by atoms with E-state index < -0.39 is 6.10 Å². The maximum Gasteiger partial charge on any atom is 0.184 e. The molecule has 0 saturated carbocycles. The van der Waals surface area contributed by atoms with Gasteiger partial charge in [0.1, 0.15) is 17.4 Å². The number of H-pyrrole nitrogens is 1. The molecule has 8 nitrogen and oxygen atoms in total. The first-order valence-corrected chi connectivity index (χ1v) is 8.76. The van der Waals surface area contributed by atoms with Crippen molar-refractivity contribution < 1.29 is 14.2 Å². The number of nitrogens with zero attached hydrogens (tertiary/aromatic N) is 4. The second-order valence-corrected chi connectivity index (χ2v) is 6.24. The van der Waals surface area contributed by atoms with Gasteiger partial charge in [-0.3, -0.25) is 5.10 Å². The highest BCUT2D eigenvalue weighted by molar-refractivity contribution is 5.72. The van der Waals surface area contributed by atoms with Crippen molar-refractivity contribution >= 4 is 17.2 Å². The Kier molecular flexibility index (Phi) is 5.00. The summed E-state index contributed by atoms with van der Waals surface area (Å²) in [6.45, 7) is 1.85. The van der Waals surface area contributed by atoms with E-state index in [-0.39, 0.29) is 19.0 Å². The molecule has 0 radical (unpaired) electrons. The van der Waals surface area contributed by atoms with E-state index in [9.17, 15) is 9.50 Å². The number of hydrogen-bond acceptors (Lipinski definition) is 6. The Morgan fingerprint density at radius 1 is 1.29 bits per heavy atom. The molecular formula is C19H19FN6O2. The maximum atomic E-state index is 13.3. The van der Waals surface area contributed by atoms with E-state index in [2.05, 4.69) is 25.6 Å². The average molecular weight is 382 g/mol. The van der Waals surface area contributed by atoms with Crippen LogP contribution in [0.5, 0.6) is 0 Å². The summed E-state index contributed by atoms with van der Waals surface area (Å²) in [6, 6.07) is 11.5. The Bertz CT molecular complexity index is 1080. The minimum Gasteiger partial charge on any atom is -0.394 e. The lowest BCUT2D eigenvalue weighted by atomic mass is 10.1. The predicted octanol–water partition coefficient (Wildman–Crippen LogP) is 2.74. The van der Waals surface area contributed by atoms with E-state index in [0.717, 1.165) is 11.2 Å². The zero-order valence-electron chi connectivity index (χ0n) is 15.1. The maximum absolute atomic E-state index is 13.3. The molecule has 3 heterocycles. The first kappa shape index (κ1) is 18.1. The van der Waals surface area contributed by atoms with E-state index in [4.69, 9.17) is 4.74 Å². The third-order valence-corrected chi connectivity index (χ3v) is 4.14. The van der Waals surface area contributed by atoms with Crippen LogP contribution in [0.4, 0.5) is 16.0 Å². The number of aromatic amines is 1. The van der Waals surface area contributed by atoms with E-state index in [0.29, 0.717) is 23.0 Å². The van der Waals surface area contributed by atoms with Gasteiger partial charge in [0.25, 0.3) is 0 Å². The number of fused-ring (bicyclic) bond motifs is 1. The minimum absolute atomic E-state index is 0.0937. The molecule has 0 spiro atoms. The van der Waals surface area contributed by atoms with Crippen molar-refractivity contribution in [2.45, 2.75) is 13.0 Å². The number of rotatable bonds is 7. The standard InChI is InChI=1S/C19H19FN6O2/c1-12-11-16(24-23-12)21-18-15-3-2-8-26(15)25-19(22-18)17(28-10-9-27)13-4-6-14(20)7-5-13/h2-8,11,17,27H,9-10H2,1H3,(H2,21,22,23,24,25). The fourth-order valence-corrected chi connectivity index (χ4v) is 2.89. The van der Waals surface area contributed by atoms with Gasteiger partial charge in [-0.05, 0) is 36.8 Å². The highest BCUT2D eigenvalue weighted by Crippen LogP contribution is 2.27. The highest BCUT2D eigenvalue weighted by Gasteiger charge is 2.21. The lowest BCUT2D eigenvalue weighted by Gasteiger charge is -2.18. The van der Waals surface area contributed by atoms with Gasteiger partial charge >= 0.3 is 0 Å². The number of nitrogens with one attached hydrogen (secondary N) is 2. The number of aryl methyl sites for hydroxylation is 1. The Morgan fingerprint density at radius 3 is 2.82 bits per heavy atom. The predicted molar refractivity (Wildman–Crippen MR) is 101 cm³/mol. The number of aromatic nitrogens is 5. The van der Waals surface area contributed by atoms with Gasteiger partial charge in [0, 0.05) is 18.0 Å². The molecule has 4 aromatic rings. The van der Waals surface area contributed by atoms with Gasteiger partial charge in [-0.25, -0.2) is 13.9 Å². The third-order valence-electron chi connectivity index (χ3n) is 4.14. The molecule has 0 fully saturated rings. The van der Waals surface area contributed by atoms with Gasteiger partial charge in [0.2, 0.25) is 0 Å². The van der Waals surface area contributed by atoms with Crippen molar-refractivity contribution in [3.05, 3.63) is 71.6 Å². The van der Waals surface area contributed by atoms with Gasteiger partial charge in [0.05, 0.1) is 13.2 Å². The van der Waals surface area contributed by atoms with Crippen molar-refractivity contribution in [2.24, 2.45) is 0 Å². The Morgan fingerprint density at radius 2 is 2.11 bits per heavy atom. The molecule has 3 aromatic heterocycles. The molecule has 144 valence electrons. The second kappa shape index (κ2) is 7.75. The summed E-state index contributed by atoms with van der Waals surface area (Å²) in [6.07, 6.45) is 1.14. The zero-order valence-corrected chi connectivity index (χ0v) is 15.1. The number of benzene rings is 1. The van der Waals surface area contributed by atoms with Crippen molar-refractivity contribution in [3.8, 4) is 0 Å². The van der Waals surface area contributed by atoms with Crippen LogP contribution in [0.1, 0.15) is 23.2 Å². The number of hydrogen-bond donors (Lipinski definition) is 3. The Hall–Kier alpha value is -3.30. The molecular weight excluding hydrogens is 363 g/mol. The van der Waals surface area contributed by atoms with Gasteiger partial charge in [0.15, 0.2) is 17.5 Å². The summed E-state index contributed by atoms with van der Waals surface area (Å²) in [5.74, 6) is 1.21. The normalized spacial score (nSPS) is 12.4. The molecule has 0 aliphatic carbocycles. The molecule has 0 bridgehead atoms. The van der Waals surface area contributed by atoms with Crippen LogP contribution < -0.4 is 5.32 Å². The van der Waals surface area contributed by atoms with Gasteiger partial charge in [-0.15, -0.1) is 5.10 Å². The quantitative estimate of drug-likeness (QED) is 0.454. The first-order valence-electron chi connectivity index (χ1n) is 8.76. The Balaban J connectivity index is 1.77. The topological polar surface area (TPSA) is 100 Å². The average Bonchev–Trinajstić information content (AvgIpc) is 3.32. The molecule has 1 unspecified atom stereocenters. The van der Waals surface area contributed by atoms with E-state index in [1.165, 1.54) is 12.1 Å². The smallest absolute Gasteiger partial charge is 0.184 e.